The summed E-state index contributed by atoms with van der Waals surface area (Å²) in [6, 6.07) is 22.5. The monoisotopic (exact) mass is 489 g/mol. The summed E-state index contributed by atoms with van der Waals surface area (Å²) in [6.45, 7) is 1.98. The molecule has 8 heteroatoms. The summed E-state index contributed by atoms with van der Waals surface area (Å²) in [5.41, 5.74) is 4.18. The van der Waals surface area contributed by atoms with Gasteiger partial charge in [-0.15, -0.1) is 23.1 Å². The van der Waals surface area contributed by atoms with Crippen LogP contribution in [0.1, 0.15) is 15.9 Å². The normalized spacial score (nSPS) is 10.5. The second kappa shape index (κ2) is 11.0. The number of aryl methyl sites for hydroxylation is 1. The van der Waals surface area contributed by atoms with Gasteiger partial charge >= 0.3 is 0 Å². The van der Waals surface area contributed by atoms with Crippen molar-refractivity contribution in [3.8, 4) is 17.0 Å². The molecule has 0 saturated carbocycles. The standard InChI is InChI=1S/C26H23N3O3S2/c1-17-3-5-19(6-4-17)25(31)27-20-9-13-22(14-10-20)33-16-24(30)29-26-28-23(15-34-26)18-7-11-21(32-2)12-8-18/h3-15H,16H2,1-2H3,(H,27,31)(H,28,29,30). The van der Waals surface area contributed by atoms with Crippen molar-refractivity contribution < 1.29 is 14.3 Å². The predicted octanol–water partition coefficient (Wildman–Crippen LogP) is 6.11. The number of methoxy groups -OCH3 is 1. The van der Waals surface area contributed by atoms with E-state index in [1.165, 1.54) is 23.1 Å². The number of amides is 2. The van der Waals surface area contributed by atoms with Gasteiger partial charge in [0.15, 0.2) is 5.13 Å². The molecule has 1 aromatic heterocycles. The highest BCUT2D eigenvalue weighted by Crippen LogP contribution is 2.27. The van der Waals surface area contributed by atoms with E-state index in [9.17, 15) is 9.59 Å². The first-order valence-corrected chi connectivity index (χ1v) is 12.4. The Balaban J connectivity index is 1.26. The summed E-state index contributed by atoms with van der Waals surface area (Å²) in [7, 11) is 1.63. The summed E-state index contributed by atoms with van der Waals surface area (Å²) in [5.74, 6) is 0.757. The number of anilines is 2. The van der Waals surface area contributed by atoms with Crippen molar-refractivity contribution in [2.45, 2.75) is 11.8 Å². The number of carbonyl (C=O) groups is 2. The lowest BCUT2D eigenvalue weighted by molar-refractivity contribution is -0.113. The van der Waals surface area contributed by atoms with Crippen LogP contribution in [0.4, 0.5) is 10.8 Å². The number of rotatable bonds is 8. The van der Waals surface area contributed by atoms with E-state index in [0.29, 0.717) is 16.4 Å². The zero-order chi connectivity index (χ0) is 23.9. The van der Waals surface area contributed by atoms with Crippen LogP contribution in [0.15, 0.2) is 83.1 Å². The van der Waals surface area contributed by atoms with E-state index in [0.717, 1.165) is 27.5 Å². The van der Waals surface area contributed by atoms with Gasteiger partial charge in [-0.2, -0.15) is 0 Å². The molecular weight excluding hydrogens is 466 g/mol. The summed E-state index contributed by atoms with van der Waals surface area (Å²) in [4.78, 5) is 30.1. The van der Waals surface area contributed by atoms with Crippen molar-refractivity contribution in [2.75, 3.05) is 23.5 Å². The number of thioether (sulfide) groups is 1. The van der Waals surface area contributed by atoms with Crippen molar-refractivity contribution in [3.63, 3.8) is 0 Å². The van der Waals surface area contributed by atoms with Gasteiger partial charge in [0.25, 0.3) is 5.91 Å². The van der Waals surface area contributed by atoms with Crippen molar-refractivity contribution in [1.29, 1.82) is 0 Å². The Labute approximate surface area is 206 Å². The lowest BCUT2D eigenvalue weighted by atomic mass is 10.1. The van der Waals surface area contributed by atoms with Crippen molar-refractivity contribution in [3.05, 3.63) is 89.3 Å². The molecule has 1 heterocycles. The van der Waals surface area contributed by atoms with Gasteiger partial charge in [0, 0.05) is 27.1 Å². The number of hydrogen-bond donors (Lipinski definition) is 2. The predicted molar refractivity (Wildman–Crippen MR) is 139 cm³/mol. The Bertz CT molecular complexity index is 1270. The zero-order valence-electron chi connectivity index (χ0n) is 18.7. The Kier molecular flexibility index (Phi) is 7.61. The fourth-order valence-electron chi connectivity index (χ4n) is 3.07. The van der Waals surface area contributed by atoms with Gasteiger partial charge in [-0.25, -0.2) is 4.98 Å². The number of aromatic nitrogens is 1. The molecule has 172 valence electrons. The molecule has 6 nitrogen and oxygen atoms in total. The van der Waals surface area contributed by atoms with E-state index in [1.807, 2.05) is 73.0 Å². The highest BCUT2D eigenvalue weighted by molar-refractivity contribution is 8.00. The minimum Gasteiger partial charge on any atom is -0.497 e. The Morgan fingerprint density at radius 3 is 2.32 bits per heavy atom. The molecule has 2 N–H and O–H groups in total. The largest absolute Gasteiger partial charge is 0.497 e. The van der Waals surface area contributed by atoms with Crippen LogP contribution in [0.5, 0.6) is 5.75 Å². The van der Waals surface area contributed by atoms with Crippen LogP contribution in [0, 0.1) is 6.92 Å². The second-order valence-corrected chi connectivity index (χ2v) is 9.35. The third kappa shape index (κ3) is 6.24. The van der Waals surface area contributed by atoms with Crippen LogP contribution >= 0.6 is 23.1 Å². The molecule has 0 aliphatic heterocycles. The highest BCUT2D eigenvalue weighted by atomic mass is 32.2. The smallest absolute Gasteiger partial charge is 0.255 e. The Hall–Kier alpha value is -3.62. The number of carbonyl (C=O) groups excluding carboxylic acids is 2. The lowest BCUT2D eigenvalue weighted by Gasteiger charge is -2.07. The molecule has 0 radical (unpaired) electrons. The molecule has 4 aromatic rings. The molecule has 0 fully saturated rings. The lowest BCUT2D eigenvalue weighted by Crippen LogP contribution is -2.13. The van der Waals surface area contributed by atoms with Gasteiger partial charge < -0.3 is 15.4 Å². The molecular formula is C26H23N3O3S2. The highest BCUT2D eigenvalue weighted by Gasteiger charge is 2.10. The fourth-order valence-corrected chi connectivity index (χ4v) is 4.51. The molecule has 2 amide bonds. The zero-order valence-corrected chi connectivity index (χ0v) is 20.3. The first kappa shape index (κ1) is 23.5. The number of ether oxygens (including phenoxy) is 1. The van der Waals surface area contributed by atoms with Crippen LogP contribution < -0.4 is 15.4 Å². The van der Waals surface area contributed by atoms with E-state index < -0.39 is 0 Å². The molecule has 0 spiro atoms. The van der Waals surface area contributed by atoms with Gasteiger partial charge in [-0.05, 0) is 67.6 Å². The van der Waals surface area contributed by atoms with Gasteiger partial charge in [0.2, 0.25) is 5.91 Å². The van der Waals surface area contributed by atoms with Crippen LogP contribution in [0.25, 0.3) is 11.3 Å². The first-order chi connectivity index (χ1) is 16.5. The Morgan fingerprint density at radius 2 is 1.65 bits per heavy atom. The summed E-state index contributed by atoms with van der Waals surface area (Å²) in [6.07, 6.45) is 0. The SMILES string of the molecule is COc1ccc(-c2csc(NC(=O)CSc3ccc(NC(=O)c4ccc(C)cc4)cc3)n2)cc1. The molecule has 0 bridgehead atoms. The van der Waals surface area contributed by atoms with E-state index in [2.05, 4.69) is 15.6 Å². The molecule has 3 aromatic carbocycles. The molecule has 0 aliphatic rings. The number of thiazole rings is 1. The van der Waals surface area contributed by atoms with Crippen LogP contribution in [-0.4, -0.2) is 29.7 Å². The topological polar surface area (TPSA) is 80.3 Å². The molecule has 4 rings (SSSR count). The molecule has 0 aliphatic carbocycles. The fraction of sp³-hybridized carbons (Fsp3) is 0.115. The minimum atomic E-state index is -0.155. The van der Waals surface area contributed by atoms with E-state index >= 15 is 0 Å². The molecule has 0 saturated heterocycles. The van der Waals surface area contributed by atoms with Crippen molar-refractivity contribution in [1.82, 2.24) is 4.98 Å². The van der Waals surface area contributed by atoms with Crippen molar-refractivity contribution >= 4 is 45.7 Å². The third-order valence-electron chi connectivity index (χ3n) is 4.93. The van der Waals surface area contributed by atoms with E-state index in [1.54, 1.807) is 19.2 Å². The van der Waals surface area contributed by atoms with E-state index in [-0.39, 0.29) is 17.6 Å². The van der Waals surface area contributed by atoms with E-state index in [4.69, 9.17) is 4.74 Å². The minimum absolute atomic E-state index is 0.127. The van der Waals surface area contributed by atoms with Crippen molar-refractivity contribution in [2.24, 2.45) is 0 Å². The van der Waals surface area contributed by atoms with Crippen LogP contribution in [-0.2, 0) is 4.79 Å². The quantitative estimate of drug-likeness (QED) is 0.292. The number of benzene rings is 3. The number of nitrogens with one attached hydrogen (secondary N) is 2. The van der Waals surface area contributed by atoms with Gasteiger partial charge in [-0.3, -0.25) is 9.59 Å². The summed E-state index contributed by atoms with van der Waals surface area (Å²) in [5, 5.41) is 8.21. The third-order valence-corrected chi connectivity index (χ3v) is 6.70. The molecule has 0 atom stereocenters. The van der Waals surface area contributed by atoms with Gasteiger partial charge in [0.1, 0.15) is 5.75 Å². The first-order valence-electron chi connectivity index (χ1n) is 10.5. The Morgan fingerprint density at radius 1 is 0.941 bits per heavy atom. The maximum Gasteiger partial charge on any atom is 0.255 e. The van der Waals surface area contributed by atoms with Gasteiger partial charge in [0.05, 0.1) is 18.6 Å². The molecule has 34 heavy (non-hydrogen) atoms. The second-order valence-electron chi connectivity index (χ2n) is 7.45. The summed E-state index contributed by atoms with van der Waals surface area (Å²) < 4.78 is 5.18. The molecule has 0 unspecified atom stereocenters. The average molecular weight is 490 g/mol. The average Bonchev–Trinajstić information content (AvgIpc) is 3.32. The maximum absolute atomic E-state index is 12.4. The summed E-state index contributed by atoms with van der Waals surface area (Å²) >= 11 is 2.81. The van der Waals surface area contributed by atoms with Crippen LogP contribution in [0.3, 0.4) is 0 Å². The number of nitrogens with zero attached hydrogens (tertiary/aromatic N) is 1. The maximum atomic E-state index is 12.4. The van der Waals surface area contributed by atoms with Crippen LogP contribution in [0.2, 0.25) is 0 Å². The van der Waals surface area contributed by atoms with Gasteiger partial charge in [-0.1, -0.05) is 17.7 Å². The number of hydrogen-bond acceptors (Lipinski definition) is 6.